The highest BCUT2D eigenvalue weighted by atomic mass is 15.2. The van der Waals surface area contributed by atoms with Crippen molar-refractivity contribution in [2.75, 3.05) is 19.6 Å². The van der Waals surface area contributed by atoms with Crippen molar-refractivity contribution in [2.24, 2.45) is 0 Å². The van der Waals surface area contributed by atoms with Gasteiger partial charge in [0.2, 0.25) is 0 Å². The lowest BCUT2D eigenvalue weighted by molar-refractivity contribution is 0.199. The summed E-state index contributed by atoms with van der Waals surface area (Å²) >= 11 is 0. The standard InChI is InChI=1S/C14H22N2/c1-11-4-5-14(12(2)8-11)10-16-7-6-15-13(3)9-16/h4-5,8,13,15H,6-7,9-10H2,1-3H3/t13-/m0/s1. The van der Waals surface area contributed by atoms with Gasteiger partial charge in [-0.3, -0.25) is 4.90 Å². The molecule has 2 rings (SSSR count). The van der Waals surface area contributed by atoms with Gasteiger partial charge in [-0.25, -0.2) is 0 Å². The van der Waals surface area contributed by atoms with Gasteiger partial charge in [-0.05, 0) is 31.9 Å². The van der Waals surface area contributed by atoms with Crippen molar-refractivity contribution in [3.05, 3.63) is 34.9 Å². The largest absolute Gasteiger partial charge is 0.312 e. The summed E-state index contributed by atoms with van der Waals surface area (Å²) in [6, 6.07) is 7.39. The Labute approximate surface area is 98.7 Å². The third-order valence-electron chi connectivity index (χ3n) is 3.34. The SMILES string of the molecule is Cc1ccc(CN2CCN[C@@H](C)C2)c(C)c1. The van der Waals surface area contributed by atoms with Crippen LogP contribution in [0, 0.1) is 13.8 Å². The Hall–Kier alpha value is -0.860. The molecule has 2 heteroatoms. The maximum Gasteiger partial charge on any atom is 0.0237 e. The minimum atomic E-state index is 0.625. The first-order chi connectivity index (χ1) is 7.65. The first-order valence-electron chi connectivity index (χ1n) is 6.17. The highest BCUT2D eigenvalue weighted by Gasteiger charge is 2.15. The molecule has 1 aromatic rings. The Morgan fingerprint density at radius 2 is 2.19 bits per heavy atom. The number of nitrogens with zero attached hydrogens (tertiary/aromatic N) is 1. The lowest BCUT2D eigenvalue weighted by atomic mass is 10.0. The van der Waals surface area contributed by atoms with Crippen LogP contribution in [-0.2, 0) is 6.54 Å². The van der Waals surface area contributed by atoms with Crippen LogP contribution < -0.4 is 5.32 Å². The van der Waals surface area contributed by atoms with E-state index in [1.807, 2.05) is 0 Å². The molecule has 0 aromatic heterocycles. The van der Waals surface area contributed by atoms with Crippen LogP contribution >= 0.6 is 0 Å². The zero-order valence-corrected chi connectivity index (χ0v) is 10.6. The number of hydrogen-bond donors (Lipinski definition) is 1. The van der Waals surface area contributed by atoms with Crippen molar-refractivity contribution >= 4 is 0 Å². The van der Waals surface area contributed by atoms with Gasteiger partial charge in [0.15, 0.2) is 0 Å². The Bertz CT molecular complexity index is 360. The molecular weight excluding hydrogens is 196 g/mol. The van der Waals surface area contributed by atoms with E-state index in [2.05, 4.69) is 49.2 Å². The van der Waals surface area contributed by atoms with Crippen molar-refractivity contribution < 1.29 is 0 Å². The number of hydrogen-bond acceptors (Lipinski definition) is 2. The van der Waals surface area contributed by atoms with Crippen LogP contribution in [0.1, 0.15) is 23.6 Å². The normalized spacial score (nSPS) is 22.3. The summed E-state index contributed by atoms with van der Waals surface area (Å²) < 4.78 is 0. The van der Waals surface area contributed by atoms with E-state index in [1.54, 1.807) is 0 Å². The van der Waals surface area contributed by atoms with Crippen molar-refractivity contribution in [2.45, 2.75) is 33.4 Å². The van der Waals surface area contributed by atoms with Gasteiger partial charge >= 0.3 is 0 Å². The number of aryl methyl sites for hydroxylation is 2. The summed E-state index contributed by atoms with van der Waals surface area (Å²) in [7, 11) is 0. The predicted molar refractivity (Wildman–Crippen MR) is 68.7 cm³/mol. The quantitative estimate of drug-likeness (QED) is 0.818. The molecule has 0 radical (unpaired) electrons. The minimum absolute atomic E-state index is 0.625. The molecule has 1 heterocycles. The molecule has 0 unspecified atom stereocenters. The molecule has 0 aliphatic carbocycles. The Morgan fingerprint density at radius 1 is 1.38 bits per heavy atom. The zero-order chi connectivity index (χ0) is 11.5. The van der Waals surface area contributed by atoms with Crippen molar-refractivity contribution in [3.63, 3.8) is 0 Å². The van der Waals surface area contributed by atoms with E-state index in [0.29, 0.717) is 6.04 Å². The van der Waals surface area contributed by atoms with Crippen LogP contribution in [0.5, 0.6) is 0 Å². The molecule has 0 bridgehead atoms. The number of piperazine rings is 1. The molecule has 1 N–H and O–H groups in total. The van der Waals surface area contributed by atoms with E-state index in [4.69, 9.17) is 0 Å². The second-order valence-corrected chi connectivity index (χ2v) is 5.02. The lowest BCUT2D eigenvalue weighted by Crippen LogP contribution is -2.48. The average Bonchev–Trinajstić information content (AvgIpc) is 2.22. The molecule has 16 heavy (non-hydrogen) atoms. The molecule has 1 aliphatic rings. The molecule has 88 valence electrons. The van der Waals surface area contributed by atoms with Crippen LogP contribution in [-0.4, -0.2) is 30.6 Å². The smallest absolute Gasteiger partial charge is 0.0237 e. The summed E-state index contributed by atoms with van der Waals surface area (Å²) in [5, 5.41) is 3.48. The molecule has 1 saturated heterocycles. The van der Waals surface area contributed by atoms with Gasteiger partial charge < -0.3 is 5.32 Å². The van der Waals surface area contributed by atoms with Gasteiger partial charge in [-0.1, -0.05) is 23.8 Å². The van der Waals surface area contributed by atoms with Gasteiger partial charge in [-0.15, -0.1) is 0 Å². The van der Waals surface area contributed by atoms with Gasteiger partial charge in [0.25, 0.3) is 0 Å². The first-order valence-corrected chi connectivity index (χ1v) is 6.17. The molecule has 0 saturated carbocycles. The van der Waals surface area contributed by atoms with Gasteiger partial charge in [0.05, 0.1) is 0 Å². The van der Waals surface area contributed by atoms with E-state index in [1.165, 1.54) is 16.7 Å². The Balaban J connectivity index is 2.02. The number of rotatable bonds is 2. The van der Waals surface area contributed by atoms with Gasteiger partial charge in [-0.2, -0.15) is 0 Å². The minimum Gasteiger partial charge on any atom is -0.312 e. The first kappa shape index (κ1) is 11.6. The summed E-state index contributed by atoms with van der Waals surface area (Å²) in [6.07, 6.45) is 0. The van der Waals surface area contributed by atoms with Crippen LogP contribution in [0.25, 0.3) is 0 Å². The fraction of sp³-hybridized carbons (Fsp3) is 0.571. The van der Waals surface area contributed by atoms with Crippen molar-refractivity contribution in [1.82, 2.24) is 10.2 Å². The maximum atomic E-state index is 3.48. The summed E-state index contributed by atoms with van der Waals surface area (Å²) in [5.74, 6) is 0. The van der Waals surface area contributed by atoms with Crippen LogP contribution in [0.3, 0.4) is 0 Å². The fourth-order valence-corrected chi connectivity index (χ4v) is 2.42. The third-order valence-corrected chi connectivity index (χ3v) is 3.34. The van der Waals surface area contributed by atoms with E-state index in [0.717, 1.165) is 26.2 Å². The zero-order valence-electron chi connectivity index (χ0n) is 10.6. The van der Waals surface area contributed by atoms with Gasteiger partial charge in [0, 0.05) is 32.2 Å². The van der Waals surface area contributed by atoms with Gasteiger partial charge in [0.1, 0.15) is 0 Å². The molecule has 1 aromatic carbocycles. The van der Waals surface area contributed by atoms with Crippen LogP contribution in [0.15, 0.2) is 18.2 Å². The van der Waals surface area contributed by atoms with E-state index < -0.39 is 0 Å². The van der Waals surface area contributed by atoms with Crippen molar-refractivity contribution in [1.29, 1.82) is 0 Å². The van der Waals surface area contributed by atoms with E-state index in [-0.39, 0.29) is 0 Å². The molecule has 0 spiro atoms. The summed E-state index contributed by atoms with van der Waals surface area (Å²) in [6.45, 7) is 11.2. The van der Waals surface area contributed by atoms with E-state index in [9.17, 15) is 0 Å². The maximum absolute atomic E-state index is 3.48. The molecule has 1 atom stereocenters. The highest BCUT2D eigenvalue weighted by molar-refractivity contribution is 5.30. The second-order valence-electron chi connectivity index (χ2n) is 5.02. The molecule has 0 amide bonds. The predicted octanol–water partition coefficient (Wildman–Crippen LogP) is 2.10. The second kappa shape index (κ2) is 4.98. The monoisotopic (exact) mass is 218 g/mol. The highest BCUT2D eigenvalue weighted by Crippen LogP contribution is 2.14. The lowest BCUT2D eigenvalue weighted by Gasteiger charge is -2.32. The van der Waals surface area contributed by atoms with Crippen molar-refractivity contribution in [3.8, 4) is 0 Å². The Kier molecular flexibility index (Phi) is 3.62. The van der Waals surface area contributed by atoms with E-state index >= 15 is 0 Å². The van der Waals surface area contributed by atoms with Crippen LogP contribution in [0.4, 0.5) is 0 Å². The molecule has 1 aliphatic heterocycles. The fourth-order valence-electron chi connectivity index (χ4n) is 2.42. The Morgan fingerprint density at radius 3 is 2.88 bits per heavy atom. The summed E-state index contributed by atoms with van der Waals surface area (Å²) in [5.41, 5.74) is 4.25. The molecule has 2 nitrogen and oxygen atoms in total. The van der Waals surface area contributed by atoms with Crippen LogP contribution in [0.2, 0.25) is 0 Å². The average molecular weight is 218 g/mol. The topological polar surface area (TPSA) is 15.3 Å². The number of nitrogens with one attached hydrogen (secondary N) is 1. The third kappa shape index (κ3) is 2.83. The molecular formula is C14H22N2. The number of benzene rings is 1. The molecule has 1 fully saturated rings. The summed E-state index contributed by atoms with van der Waals surface area (Å²) in [4.78, 5) is 2.54.